The molecule has 5 heteroatoms. The number of rotatable bonds is 3. The van der Waals surface area contributed by atoms with Crippen molar-refractivity contribution in [2.75, 3.05) is 17.7 Å². The van der Waals surface area contributed by atoms with Crippen LogP contribution >= 0.6 is 0 Å². The number of aryl methyl sites for hydroxylation is 1. The highest BCUT2D eigenvalue weighted by molar-refractivity contribution is 5.58. The van der Waals surface area contributed by atoms with Gasteiger partial charge in [-0.2, -0.15) is 10.2 Å². The van der Waals surface area contributed by atoms with E-state index in [0.29, 0.717) is 11.5 Å². The summed E-state index contributed by atoms with van der Waals surface area (Å²) in [6, 6.07) is 9.50. The molecule has 90 valence electrons. The summed E-state index contributed by atoms with van der Waals surface area (Å²) < 4.78 is 0. The summed E-state index contributed by atoms with van der Waals surface area (Å²) in [6.07, 6.45) is 1.67. The van der Waals surface area contributed by atoms with Crippen molar-refractivity contribution >= 4 is 17.5 Å². The molecular formula is C13H13N5. The molecule has 2 aromatic rings. The maximum Gasteiger partial charge on any atom is 0.229 e. The van der Waals surface area contributed by atoms with E-state index in [1.807, 2.05) is 19.1 Å². The number of aromatic nitrogens is 2. The van der Waals surface area contributed by atoms with Crippen LogP contribution in [0.1, 0.15) is 11.1 Å². The Balaban J connectivity index is 2.26. The van der Waals surface area contributed by atoms with Crippen molar-refractivity contribution < 1.29 is 0 Å². The SMILES string of the molecule is CNc1ccnc(Nc2ccc(C)c(C#N)c2)n1. The van der Waals surface area contributed by atoms with E-state index in [1.54, 1.807) is 25.4 Å². The van der Waals surface area contributed by atoms with Crippen molar-refractivity contribution in [3.8, 4) is 6.07 Å². The molecule has 2 rings (SSSR count). The molecule has 0 aliphatic carbocycles. The van der Waals surface area contributed by atoms with Gasteiger partial charge in [0, 0.05) is 18.9 Å². The minimum absolute atomic E-state index is 0.495. The zero-order chi connectivity index (χ0) is 13.0. The quantitative estimate of drug-likeness (QED) is 0.860. The molecule has 0 unspecified atom stereocenters. The molecule has 18 heavy (non-hydrogen) atoms. The Bertz CT molecular complexity index is 601. The van der Waals surface area contributed by atoms with Crippen LogP contribution in [0.15, 0.2) is 30.5 Å². The van der Waals surface area contributed by atoms with Crippen molar-refractivity contribution in [3.05, 3.63) is 41.6 Å². The van der Waals surface area contributed by atoms with Gasteiger partial charge in [-0.3, -0.25) is 0 Å². The van der Waals surface area contributed by atoms with E-state index in [-0.39, 0.29) is 0 Å². The van der Waals surface area contributed by atoms with Gasteiger partial charge in [0.1, 0.15) is 5.82 Å². The van der Waals surface area contributed by atoms with Crippen LogP contribution in [0.5, 0.6) is 0 Å². The molecule has 0 saturated carbocycles. The Morgan fingerprint density at radius 3 is 2.83 bits per heavy atom. The summed E-state index contributed by atoms with van der Waals surface area (Å²) in [6.45, 7) is 1.90. The summed E-state index contributed by atoms with van der Waals surface area (Å²) in [5.74, 6) is 1.23. The van der Waals surface area contributed by atoms with E-state index in [4.69, 9.17) is 5.26 Å². The standard InChI is InChI=1S/C13H13N5/c1-9-3-4-11(7-10(9)8-14)17-13-16-6-5-12(15-2)18-13/h3-7H,1-2H3,(H2,15,16,17,18). The monoisotopic (exact) mass is 239 g/mol. The van der Waals surface area contributed by atoms with Gasteiger partial charge < -0.3 is 10.6 Å². The topological polar surface area (TPSA) is 73.6 Å². The van der Waals surface area contributed by atoms with Crippen LogP contribution in [-0.2, 0) is 0 Å². The minimum Gasteiger partial charge on any atom is -0.373 e. The molecule has 2 N–H and O–H groups in total. The summed E-state index contributed by atoms with van der Waals surface area (Å²) in [7, 11) is 1.80. The average molecular weight is 239 g/mol. The first kappa shape index (κ1) is 11.9. The van der Waals surface area contributed by atoms with Crippen molar-refractivity contribution in [1.29, 1.82) is 5.26 Å². The predicted octanol–water partition coefficient (Wildman–Crippen LogP) is 2.44. The summed E-state index contributed by atoms with van der Waals surface area (Å²) in [5, 5.41) is 15.0. The third kappa shape index (κ3) is 2.55. The van der Waals surface area contributed by atoms with Crippen LogP contribution in [0.4, 0.5) is 17.5 Å². The molecule has 0 amide bonds. The molecule has 0 bridgehead atoms. The van der Waals surface area contributed by atoms with E-state index >= 15 is 0 Å². The van der Waals surface area contributed by atoms with E-state index in [0.717, 1.165) is 17.1 Å². The second-order valence-electron chi connectivity index (χ2n) is 3.78. The van der Waals surface area contributed by atoms with Crippen molar-refractivity contribution in [2.24, 2.45) is 0 Å². The smallest absolute Gasteiger partial charge is 0.229 e. The summed E-state index contributed by atoms with van der Waals surface area (Å²) in [4.78, 5) is 8.36. The Hall–Kier alpha value is -2.61. The third-order valence-corrected chi connectivity index (χ3v) is 2.53. The molecule has 0 aliphatic rings. The Labute approximate surface area is 106 Å². The number of nitrogens with one attached hydrogen (secondary N) is 2. The van der Waals surface area contributed by atoms with Gasteiger partial charge in [-0.25, -0.2) is 4.98 Å². The highest BCUT2D eigenvalue weighted by Crippen LogP contribution is 2.17. The van der Waals surface area contributed by atoms with Crippen LogP contribution in [0, 0.1) is 18.3 Å². The maximum absolute atomic E-state index is 8.97. The fourth-order valence-corrected chi connectivity index (χ4v) is 1.51. The van der Waals surface area contributed by atoms with E-state index < -0.39 is 0 Å². The van der Waals surface area contributed by atoms with Crippen LogP contribution < -0.4 is 10.6 Å². The second-order valence-corrected chi connectivity index (χ2v) is 3.78. The third-order valence-electron chi connectivity index (χ3n) is 2.53. The molecule has 0 radical (unpaired) electrons. The fraction of sp³-hybridized carbons (Fsp3) is 0.154. The van der Waals surface area contributed by atoms with Crippen molar-refractivity contribution in [2.45, 2.75) is 6.92 Å². The molecule has 1 aromatic heterocycles. The van der Waals surface area contributed by atoms with Crippen molar-refractivity contribution in [1.82, 2.24) is 9.97 Å². The zero-order valence-electron chi connectivity index (χ0n) is 10.2. The molecule has 1 heterocycles. The molecule has 1 aromatic carbocycles. The van der Waals surface area contributed by atoms with Gasteiger partial charge >= 0.3 is 0 Å². The lowest BCUT2D eigenvalue weighted by molar-refractivity contribution is 1.16. The maximum atomic E-state index is 8.97. The van der Waals surface area contributed by atoms with E-state index in [2.05, 4.69) is 26.7 Å². The Kier molecular flexibility index (Phi) is 3.39. The number of hydrogen-bond acceptors (Lipinski definition) is 5. The average Bonchev–Trinajstić information content (AvgIpc) is 2.41. The van der Waals surface area contributed by atoms with Gasteiger partial charge in [-0.1, -0.05) is 6.07 Å². The number of nitrogens with zero attached hydrogens (tertiary/aromatic N) is 3. The Morgan fingerprint density at radius 2 is 2.11 bits per heavy atom. The summed E-state index contributed by atoms with van der Waals surface area (Å²) in [5.41, 5.74) is 2.39. The van der Waals surface area contributed by atoms with Gasteiger partial charge in [-0.15, -0.1) is 0 Å². The van der Waals surface area contributed by atoms with Crippen molar-refractivity contribution in [3.63, 3.8) is 0 Å². The van der Waals surface area contributed by atoms with Crippen LogP contribution in [0.25, 0.3) is 0 Å². The normalized spacial score (nSPS) is 9.61. The largest absolute Gasteiger partial charge is 0.373 e. The zero-order valence-corrected chi connectivity index (χ0v) is 10.2. The lowest BCUT2D eigenvalue weighted by Crippen LogP contribution is -2.00. The first-order valence-electron chi connectivity index (χ1n) is 5.51. The van der Waals surface area contributed by atoms with Gasteiger partial charge in [0.05, 0.1) is 11.6 Å². The van der Waals surface area contributed by atoms with E-state index in [9.17, 15) is 0 Å². The fourth-order valence-electron chi connectivity index (χ4n) is 1.51. The number of hydrogen-bond donors (Lipinski definition) is 2. The highest BCUT2D eigenvalue weighted by Gasteiger charge is 2.02. The molecule has 0 fully saturated rings. The molecular weight excluding hydrogens is 226 g/mol. The van der Waals surface area contributed by atoms with Gasteiger partial charge in [-0.05, 0) is 30.7 Å². The molecule has 0 atom stereocenters. The lowest BCUT2D eigenvalue weighted by atomic mass is 10.1. The molecule has 0 aliphatic heterocycles. The molecule has 0 spiro atoms. The van der Waals surface area contributed by atoms with E-state index in [1.165, 1.54) is 0 Å². The second kappa shape index (κ2) is 5.15. The minimum atomic E-state index is 0.495. The first-order valence-corrected chi connectivity index (χ1v) is 5.51. The number of benzene rings is 1. The number of anilines is 3. The summed E-state index contributed by atoms with van der Waals surface area (Å²) >= 11 is 0. The highest BCUT2D eigenvalue weighted by atomic mass is 15.1. The lowest BCUT2D eigenvalue weighted by Gasteiger charge is -2.07. The Morgan fingerprint density at radius 1 is 1.28 bits per heavy atom. The van der Waals surface area contributed by atoms with Crippen LogP contribution in [0.2, 0.25) is 0 Å². The van der Waals surface area contributed by atoms with Gasteiger partial charge in [0.25, 0.3) is 0 Å². The van der Waals surface area contributed by atoms with Gasteiger partial charge in [0.15, 0.2) is 0 Å². The molecule has 0 saturated heterocycles. The van der Waals surface area contributed by atoms with Gasteiger partial charge in [0.2, 0.25) is 5.95 Å². The van der Waals surface area contributed by atoms with Crippen LogP contribution in [-0.4, -0.2) is 17.0 Å². The molecule has 5 nitrogen and oxygen atoms in total. The predicted molar refractivity (Wildman–Crippen MR) is 70.8 cm³/mol. The first-order chi connectivity index (χ1) is 8.72. The van der Waals surface area contributed by atoms with Crippen LogP contribution in [0.3, 0.4) is 0 Å². The number of nitriles is 1.